The van der Waals surface area contributed by atoms with Crippen LogP contribution < -0.4 is 20.3 Å². The van der Waals surface area contributed by atoms with Crippen LogP contribution in [0.5, 0.6) is 5.75 Å². The molecule has 2 amide bonds. The van der Waals surface area contributed by atoms with E-state index in [0.29, 0.717) is 64.4 Å². The van der Waals surface area contributed by atoms with E-state index in [1.807, 2.05) is 66.4 Å². The van der Waals surface area contributed by atoms with Crippen LogP contribution in [0.25, 0.3) is 11.1 Å². The van der Waals surface area contributed by atoms with E-state index in [2.05, 4.69) is 36.4 Å². The van der Waals surface area contributed by atoms with Gasteiger partial charge in [-0.1, -0.05) is 45.0 Å². The molecule has 1 saturated heterocycles. The van der Waals surface area contributed by atoms with Crippen molar-refractivity contribution in [2.75, 3.05) is 65.6 Å². The molecule has 60 heavy (non-hydrogen) atoms. The number of carbonyl (C=O) groups excluding carboxylic acids is 2. The Labute approximate surface area is 354 Å². The van der Waals surface area contributed by atoms with Crippen molar-refractivity contribution in [3.63, 3.8) is 0 Å². The van der Waals surface area contributed by atoms with E-state index in [9.17, 15) is 30.0 Å². The van der Waals surface area contributed by atoms with Gasteiger partial charge >= 0.3 is 0 Å². The maximum atomic E-state index is 14.4. The number of nitrogens with zero attached hydrogens (tertiary/aromatic N) is 4. The van der Waals surface area contributed by atoms with Gasteiger partial charge in [0.15, 0.2) is 0 Å². The number of ether oxygens (including phenoxy) is 1. The van der Waals surface area contributed by atoms with Gasteiger partial charge in [-0.25, -0.2) is 0 Å². The standard InChI is InChI=1S/C46H66N6O8/c1-28-38-22-33(46(38,3)4)23-39(28)49-45(58)42-41(29(2)56)40(27-55)60-52(42)25-30-11-10-13-37(43(30)59-7)31-19-32(21-36(20-31)51(15-17-53)16-18-54)44(57)48-35(26-50(5)6)24-34-12-8-9-14-47-34/h8-14,19-21,28-29,33,35,38-42,53-56H,15-18,22-27H2,1-7H3,(H,48,57)(H,49,58)/t28-,29-,33-,35-,38+,39-,40-,41-,42-/m0/s1. The third-order valence-electron chi connectivity index (χ3n) is 13.4. The van der Waals surface area contributed by atoms with Gasteiger partial charge in [-0.05, 0) is 92.9 Å². The quantitative estimate of drug-likeness (QED) is 0.104. The van der Waals surface area contributed by atoms with E-state index in [1.165, 1.54) is 6.42 Å². The van der Waals surface area contributed by atoms with Crippen molar-refractivity contribution in [1.82, 2.24) is 25.6 Å². The maximum absolute atomic E-state index is 14.4. The second kappa shape index (κ2) is 19.7. The number of hydroxylamine groups is 2. The summed E-state index contributed by atoms with van der Waals surface area (Å²) < 4.78 is 6.12. The number of aromatic nitrogens is 1. The zero-order valence-electron chi connectivity index (χ0n) is 36.3. The van der Waals surface area contributed by atoms with Crippen LogP contribution in [0.3, 0.4) is 0 Å². The highest BCUT2D eigenvalue weighted by Gasteiger charge is 2.57. The molecule has 0 radical (unpaired) electrons. The second-order valence-electron chi connectivity index (χ2n) is 17.9. The molecule has 1 aromatic heterocycles. The minimum atomic E-state index is -0.943. The topological polar surface area (TPSA) is 180 Å². The van der Waals surface area contributed by atoms with Gasteiger partial charge in [-0.2, -0.15) is 5.06 Å². The smallest absolute Gasteiger partial charge is 0.251 e. The zero-order valence-corrected chi connectivity index (χ0v) is 36.3. The SMILES string of the molecule is COc1c(CN2O[C@@H](CO)[C@H]([C@H](C)O)[C@H]2C(=O)N[C@H]2C[C@@H]3C[C@H]([C@@H]2C)C3(C)C)cccc1-c1cc(C(=O)N[C@@H](Cc2ccccn2)CN(C)C)cc(N(CCO)CCO)c1. The molecule has 3 aliphatic carbocycles. The van der Waals surface area contributed by atoms with E-state index in [0.717, 1.165) is 12.1 Å². The van der Waals surface area contributed by atoms with Gasteiger partial charge in [0.05, 0.1) is 39.6 Å². The third kappa shape index (κ3) is 9.81. The van der Waals surface area contributed by atoms with Crippen LogP contribution in [0.4, 0.5) is 5.69 Å². The number of amides is 2. The van der Waals surface area contributed by atoms with Crippen molar-refractivity contribution in [3.8, 4) is 16.9 Å². The molecular formula is C46H66N6O8. The second-order valence-corrected chi connectivity index (χ2v) is 17.9. The van der Waals surface area contributed by atoms with Gasteiger partial charge in [0, 0.05) is 78.3 Å². The molecule has 3 aromatic rings. The number of aliphatic hydroxyl groups is 4. The Morgan fingerprint density at radius 1 is 1.05 bits per heavy atom. The highest BCUT2D eigenvalue weighted by atomic mass is 16.7. The van der Waals surface area contributed by atoms with Gasteiger partial charge in [0.2, 0.25) is 5.91 Å². The highest BCUT2D eigenvalue weighted by molar-refractivity contribution is 5.97. The third-order valence-corrected chi connectivity index (χ3v) is 13.4. The Bertz CT molecular complexity index is 1910. The van der Waals surface area contributed by atoms with E-state index >= 15 is 0 Å². The number of pyridine rings is 1. The van der Waals surface area contributed by atoms with E-state index < -0.39 is 24.2 Å². The van der Waals surface area contributed by atoms with E-state index in [4.69, 9.17) is 9.57 Å². The van der Waals surface area contributed by atoms with Gasteiger partial charge < -0.3 is 45.6 Å². The highest BCUT2D eigenvalue weighted by Crippen LogP contribution is 2.61. The fourth-order valence-corrected chi connectivity index (χ4v) is 10.2. The van der Waals surface area contributed by atoms with Crippen molar-refractivity contribution >= 4 is 17.5 Å². The molecule has 2 bridgehead atoms. The van der Waals surface area contributed by atoms with Crippen molar-refractivity contribution in [2.45, 2.75) is 83.8 Å². The van der Waals surface area contributed by atoms with Crippen molar-refractivity contribution in [3.05, 3.63) is 77.6 Å². The first-order chi connectivity index (χ1) is 28.7. The molecule has 4 aliphatic rings. The first-order valence-corrected chi connectivity index (χ1v) is 21.4. The zero-order chi connectivity index (χ0) is 43.3. The van der Waals surface area contributed by atoms with Crippen LogP contribution in [0, 0.1) is 29.1 Å². The molecule has 0 unspecified atom stereocenters. The summed E-state index contributed by atoms with van der Waals surface area (Å²) >= 11 is 0. The number of para-hydroxylation sites is 1. The van der Waals surface area contributed by atoms with Crippen molar-refractivity contribution in [1.29, 1.82) is 0 Å². The molecule has 2 aromatic carbocycles. The number of aliphatic hydroxyl groups excluding tert-OH is 4. The molecule has 9 atom stereocenters. The summed E-state index contributed by atoms with van der Waals surface area (Å²) in [5, 5.41) is 49.5. The number of methoxy groups -OCH3 is 1. The van der Waals surface area contributed by atoms with Gasteiger partial charge in [0.1, 0.15) is 17.9 Å². The van der Waals surface area contributed by atoms with Crippen LogP contribution in [0.1, 0.15) is 62.2 Å². The minimum absolute atomic E-state index is 0.000106. The Kier molecular flexibility index (Phi) is 14.9. The number of fused-ring (bicyclic) bond motifs is 2. The maximum Gasteiger partial charge on any atom is 0.251 e. The monoisotopic (exact) mass is 830 g/mol. The molecule has 4 fully saturated rings. The minimum Gasteiger partial charge on any atom is -0.496 e. The van der Waals surface area contributed by atoms with Crippen LogP contribution in [-0.2, 0) is 22.6 Å². The fourth-order valence-electron chi connectivity index (χ4n) is 10.2. The van der Waals surface area contributed by atoms with Gasteiger partial charge in [0.25, 0.3) is 5.91 Å². The molecule has 7 rings (SSSR count). The summed E-state index contributed by atoms with van der Waals surface area (Å²) in [6.45, 7) is 8.93. The average Bonchev–Trinajstić information content (AvgIpc) is 3.59. The average molecular weight is 831 g/mol. The Balaban J connectivity index is 1.33. The number of likely N-dealkylation sites (N-methyl/N-ethyl adjacent to an activating group) is 1. The van der Waals surface area contributed by atoms with Crippen LogP contribution >= 0.6 is 0 Å². The molecule has 2 heterocycles. The molecule has 0 spiro atoms. The lowest BCUT2D eigenvalue weighted by molar-refractivity contribution is -0.183. The number of benzene rings is 2. The molecule has 6 N–H and O–H groups in total. The predicted octanol–water partition coefficient (Wildman–Crippen LogP) is 3.11. The summed E-state index contributed by atoms with van der Waals surface area (Å²) in [4.78, 5) is 43.2. The normalized spacial score (nSPS) is 25.6. The van der Waals surface area contributed by atoms with Crippen LogP contribution in [-0.4, -0.2) is 138 Å². The molecule has 3 saturated carbocycles. The number of hydrogen-bond acceptors (Lipinski definition) is 12. The molecule has 1 aliphatic heterocycles. The summed E-state index contributed by atoms with van der Waals surface area (Å²) in [6.07, 6.45) is 2.59. The summed E-state index contributed by atoms with van der Waals surface area (Å²) in [5.41, 5.74) is 4.13. The van der Waals surface area contributed by atoms with E-state index in [-0.39, 0.29) is 68.8 Å². The summed E-state index contributed by atoms with van der Waals surface area (Å²) in [7, 11) is 5.47. The van der Waals surface area contributed by atoms with E-state index in [1.54, 1.807) is 37.4 Å². The Morgan fingerprint density at radius 2 is 1.80 bits per heavy atom. The lowest BCUT2D eigenvalue weighted by atomic mass is 9.45. The number of hydrogen-bond donors (Lipinski definition) is 6. The summed E-state index contributed by atoms with van der Waals surface area (Å²) in [6, 6.07) is 15.7. The molecular weight excluding hydrogens is 765 g/mol. The number of nitrogens with one attached hydrogen (secondary N) is 2. The largest absolute Gasteiger partial charge is 0.496 e. The Morgan fingerprint density at radius 3 is 2.40 bits per heavy atom. The molecule has 328 valence electrons. The van der Waals surface area contributed by atoms with Gasteiger partial charge in [-0.15, -0.1) is 0 Å². The van der Waals surface area contributed by atoms with Gasteiger partial charge in [-0.3, -0.25) is 19.4 Å². The Hall–Kier alpha value is -4.15. The number of carbonyl (C=O) groups is 2. The number of rotatable bonds is 19. The first-order valence-electron chi connectivity index (χ1n) is 21.4. The lowest BCUT2D eigenvalue weighted by Crippen LogP contribution is -2.62. The van der Waals surface area contributed by atoms with Crippen molar-refractivity contribution < 1.29 is 39.6 Å². The van der Waals surface area contributed by atoms with Crippen LogP contribution in [0.2, 0.25) is 0 Å². The first kappa shape index (κ1) is 45.4. The number of anilines is 1. The predicted molar refractivity (Wildman–Crippen MR) is 230 cm³/mol. The summed E-state index contributed by atoms with van der Waals surface area (Å²) in [5.74, 6) is 0.631. The molecule has 14 nitrogen and oxygen atoms in total. The van der Waals surface area contributed by atoms with Crippen molar-refractivity contribution in [2.24, 2.45) is 29.1 Å². The van der Waals surface area contributed by atoms with Crippen LogP contribution in [0.15, 0.2) is 60.8 Å². The molecule has 14 heteroatoms. The lowest BCUT2D eigenvalue weighted by Gasteiger charge is -2.62. The fraction of sp³-hybridized carbons (Fsp3) is 0.587.